The molecule has 0 aromatic carbocycles. The number of morpholine rings is 1. The third-order valence-electron chi connectivity index (χ3n) is 2.51. The van der Waals surface area contributed by atoms with Gasteiger partial charge in [0.1, 0.15) is 0 Å². The van der Waals surface area contributed by atoms with Crippen molar-refractivity contribution in [1.82, 2.24) is 4.90 Å². The lowest BCUT2D eigenvalue weighted by Crippen LogP contribution is -2.50. The summed E-state index contributed by atoms with van der Waals surface area (Å²) in [5.41, 5.74) is -0.0328. The van der Waals surface area contributed by atoms with E-state index < -0.39 is 12.1 Å². The van der Waals surface area contributed by atoms with Crippen LogP contribution < -0.4 is 0 Å². The Morgan fingerprint density at radius 3 is 2.41 bits per heavy atom. The minimum atomic E-state index is -4.79. The van der Waals surface area contributed by atoms with Gasteiger partial charge in [0.15, 0.2) is 0 Å². The SMILES string of the molecule is CC(C)(C)C[C@H]1CN(C(=O)C(F)(F)F)CCO1. The quantitative estimate of drug-likeness (QED) is 0.717. The maximum Gasteiger partial charge on any atom is 0.471 e. The smallest absolute Gasteiger partial charge is 0.375 e. The number of carbonyl (C=O) groups is 1. The Morgan fingerprint density at radius 1 is 1.35 bits per heavy atom. The van der Waals surface area contributed by atoms with Crippen molar-refractivity contribution in [1.29, 1.82) is 0 Å². The standard InChI is InChI=1S/C11H18F3NO2/c1-10(2,3)6-8-7-15(4-5-17-8)9(16)11(12,13)14/h8H,4-7H2,1-3H3/t8-/m0/s1. The van der Waals surface area contributed by atoms with E-state index in [1.54, 1.807) is 0 Å². The Balaban J connectivity index is 2.58. The highest BCUT2D eigenvalue weighted by atomic mass is 19.4. The first-order valence-electron chi connectivity index (χ1n) is 5.57. The summed E-state index contributed by atoms with van der Waals surface area (Å²) in [5, 5.41) is 0. The van der Waals surface area contributed by atoms with Crippen LogP contribution in [-0.2, 0) is 9.53 Å². The van der Waals surface area contributed by atoms with Crippen molar-refractivity contribution in [2.45, 2.75) is 39.5 Å². The largest absolute Gasteiger partial charge is 0.471 e. The van der Waals surface area contributed by atoms with E-state index >= 15 is 0 Å². The number of alkyl halides is 3. The summed E-state index contributed by atoms with van der Waals surface area (Å²) in [5.74, 6) is -1.76. The lowest BCUT2D eigenvalue weighted by molar-refractivity contribution is -0.191. The topological polar surface area (TPSA) is 29.5 Å². The molecule has 0 spiro atoms. The molecule has 3 nitrogen and oxygen atoms in total. The summed E-state index contributed by atoms with van der Waals surface area (Å²) >= 11 is 0. The highest BCUT2D eigenvalue weighted by molar-refractivity contribution is 5.81. The Labute approximate surface area is 98.9 Å². The molecule has 1 amide bonds. The van der Waals surface area contributed by atoms with E-state index in [1.165, 1.54) is 0 Å². The van der Waals surface area contributed by atoms with Crippen LogP contribution in [0.2, 0.25) is 0 Å². The molecule has 1 saturated heterocycles. The van der Waals surface area contributed by atoms with Gasteiger partial charge in [-0.1, -0.05) is 20.8 Å². The van der Waals surface area contributed by atoms with Gasteiger partial charge in [-0.05, 0) is 11.8 Å². The first-order chi connectivity index (χ1) is 7.59. The van der Waals surface area contributed by atoms with Gasteiger partial charge in [-0.2, -0.15) is 13.2 Å². The van der Waals surface area contributed by atoms with Crippen LogP contribution in [-0.4, -0.2) is 42.8 Å². The first-order valence-corrected chi connectivity index (χ1v) is 5.57. The van der Waals surface area contributed by atoms with E-state index in [0.717, 1.165) is 4.90 Å². The fourth-order valence-corrected chi connectivity index (χ4v) is 1.89. The molecule has 0 aromatic rings. The second kappa shape index (κ2) is 4.84. The summed E-state index contributed by atoms with van der Waals surface area (Å²) in [6.07, 6.45) is -4.46. The van der Waals surface area contributed by atoms with Crippen LogP contribution in [0.4, 0.5) is 13.2 Å². The van der Waals surface area contributed by atoms with Crippen LogP contribution in [0.1, 0.15) is 27.2 Å². The van der Waals surface area contributed by atoms with Crippen LogP contribution in [0.15, 0.2) is 0 Å². The molecule has 0 radical (unpaired) electrons. The predicted molar refractivity (Wildman–Crippen MR) is 56.4 cm³/mol. The second-order valence-corrected chi connectivity index (χ2v) is 5.51. The summed E-state index contributed by atoms with van der Waals surface area (Å²) in [6.45, 7) is 6.17. The van der Waals surface area contributed by atoms with Gasteiger partial charge >= 0.3 is 12.1 Å². The number of hydrogen-bond acceptors (Lipinski definition) is 2. The van der Waals surface area contributed by atoms with Gasteiger partial charge in [0, 0.05) is 13.1 Å². The number of amides is 1. The highest BCUT2D eigenvalue weighted by Crippen LogP contribution is 2.26. The zero-order valence-corrected chi connectivity index (χ0v) is 10.3. The van der Waals surface area contributed by atoms with Gasteiger partial charge in [0.05, 0.1) is 12.7 Å². The van der Waals surface area contributed by atoms with Crippen molar-refractivity contribution < 1.29 is 22.7 Å². The number of nitrogens with zero attached hydrogens (tertiary/aromatic N) is 1. The van der Waals surface area contributed by atoms with Gasteiger partial charge in [0.25, 0.3) is 0 Å². The van der Waals surface area contributed by atoms with Crippen molar-refractivity contribution in [3.05, 3.63) is 0 Å². The zero-order valence-electron chi connectivity index (χ0n) is 10.3. The summed E-state index contributed by atoms with van der Waals surface area (Å²) in [6, 6.07) is 0. The van der Waals surface area contributed by atoms with Gasteiger partial charge in [-0.15, -0.1) is 0 Å². The van der Waals surface area contributed by atoms with Crippen molar-refractivity contribution in [2.75, 3.05) is 19.7 Å². The van der Waals surface area contributed by atoms with E-state index in [0.29, 0.717) is 6.42 Å². The molecule has 0 saturated carbocycles. The Morgan fingerprint density at radius 2 is 1.94 bits per heavy atom. The van der Waals surface area contributed by atoms with E-state index in [9.17, 15) is 18.0 Å². The number of halogens is 3. The monoisotopic (exact) mass is 253 g/mol. The van der Waals surface area contributed by atoms with E-state index in [-0.39, 0.29) is 31.2 Å². The molecule has 1 fully saturated rings. The fraction of sp³-hybridized carbons (Fsp3) is 0.909. The molecule has 6 heteroatoms. The molecule has 1 rings (SSSR count). The number of ether oxygens (including phenoxy) is 1. The highest BCUT2D eigenvalue weighted by Gasteiger charge is 2.44. The van der Waals surface area contributed by atoms with Crippen molar-refractivity contribution in [3.8, 4) is 0 Å². The molecule has 1 aliphatic rings. The van der Waals surface area contributed by atoms with Gasteiger partial charge in [0.2, 0.25) is 0 Å². The lowest BCUT2D eigenvalue weighted by atomic mass is 9.88. The minimum absolute atomic E-state index is 0.0129. The fourth-order valence-electron chi connectivity index (χ4n) is 1.89. The molecule has 0 N–H and O–H groups in total. The molecule has 0 bridgehead atoms. The van der Waals surface area contributed by atoms with Crippen LogP contribution >= 0.6 is 0 Å². The van der Waals surface area contributed by atoms with Crippen LogP contribution in [0, 0.1) is 5.41 Å². The molecule has 0 aliphatic carbocycles. The number of hydrogen-bond donors (Lipinski definition) is 0. The van der Waals surface area contributed by atoms with E-state index in [1.807, 2.05) is 20.8 Å². The predicted octanol–water partition coefficient (Wildman–Crippen LogP) is 2.21. The van der Waals surface area contributed by atoms with Crippen molar-refractivity contribution in [2.24, 2.45) is 5.41 Å². The molecule has 17 heavy (non-hydrogen) atoms. The number of carbonyl (C=O) groups excluding carboxylic acids is 1. The average Bonchev–Trinajstić information content (AvgIpc) is 2.12. The third kappa shape index (κ3) is 4.53. The molecular weight excluding hydrogens is 235 g/mol. The van der Waals surface area contributed by atoms with Crippen molar-refractivity contribution in [3.63, 3.8) is 0 Å². The summed E-state index contributed by atoms with van der Waals surface area (Å²) < 4.78 is 42.2. The van der Waals surface area contributed by atoms with E-state index in [2.05, 4.69) is 0 Å². The molecule has 1 atom stereocenters. The van der Waals surface area contributed by atoms with Crippen LogP contribution in [0.5, 0.6) is 0 Å². The minimum Gasteiger partial charge on any atom is -0.375 e. The molecule has 0 aromatic heterocycles. The first kappa shape index (κ1) is 14.3. The lowest BCUT2D eigenvalue weighted by Gasteiger charge is -2.36. The maximum atomic E-state index is 12.3. The Kier molecular flexibility index (Phi) is 4.06. The molecule has 1 aliphatic heterocycles. The van der Waals surface area contributed by atoms with E-state index in [4.69, 9.17) is 4.74 Å². The zero-order chi connectivity index (χ0) is 13.3. The van der Waals surface area contributed by atoms with Crippen molar-refractivity contribution >= 4 is 5.91 Å². The summed E-state index contributed by atoms with van der Waals surface area (Å²) in [7, 11) is 0. The van der Waals surface area contributed by atoms with Gasteiger partial charge in [-0.3, -0.25) is 4.79 Å². The Bertz CT molecular complexity index is 283. The Hall–Kier alpha value is -0.780. The molecular formula is C11H18F3NO2. The van der Waals surface area contributed by atoms with Crippen LogP contribution in [0.25, 0.3) is 0 Å². The molecule has 0 unspecified atom stereocenters. The number of rotatable bonds is 1. The molecule has 100 valence electrons. The van der Waals surface area contributed by atoms with Gasteiger partial charge in [-0.25, -0.2) is 0 Å². The van der Waals surface area contributed by atoms with Gasteiger partial charge < -0.3 is 9.64 Å². The maximum absolute atomic E-state index is 12.3. The van der Waals surface area contributed by atoms with Crippen LogP contribution in [0.3, 0.4) is 0 Å². The average molecular weight is 253 g/mol. The summed E-state index contributed by atoms with van der Waals surface area (Å²) in [4.78, 5) is 11.9. The molecule has 1 heterocycles. The second-order valence-electron chi connectivity index (χ2n) is 5.51. The third-order valence-corrected chi connectivity index (χ3v) is 2.51. The normalized spacial score (nSPS) is 22.7.